The molecule has 4 nitrogen and oxygen atoms in total. The fraction of sp³-hybridized carbons (Fsp3) is 0. The third-order valence-corrected chi connectivity index (χ3v) is 9.79. The zero-order valence-corrected chi connectivity index (χ0v) is 26.1. The highest BCUT2D eigenvalue weighted by molar-refractivity contribution is 7.08. The van der Waals surface area contributed by atoms with Gasteiger partial charge in [-0.15, -0.1) is 22.7 Å². The Kier molecular flexibility index (Phi) is 6.47. The topological polar surface area (TPSA) is 51.6 Å². The SMILES string of the molecule is c1ccc2cc(-c3ccc4c(-c5cncc(-c6cscn6)c5)c5ccccc5c(-c5cncc(-c6cscn6)c5)c4c3)ccc2c1. The molecular formula is C40H24N4S2. The first-order valence-electron chi connectivity index (χ1n) is 15.0. The smallest absolute Gasteiger partial charge is 0.0826 e. The van der Waals surface area contributed by atoms with Crippen LogP contribution < -0.4 is 0 Å². The molecular weight excluding hydrogens is 601 g/mol. The van der Waals surface area contributed by atoms with Crippen molar-refractivity contribution in [2.24, 2.45) is 0 Å². The van der Waals surface area contributed by atoms with Gasteiger partial charge in [0, 0.05) is 57.8 Å². The molecule has 9 rings (SSSR count). The van der Waals surface area contributed by atoms with Gasteiger partial charge in [-0.25, -0.2) is 9.97 Å². The van der Waals surface area contributed by atoms with E-state index in [4.69, 9.17) is 9.97 Å². The summed E-state index contributed by atoms with van der Waals surface area (Å²) in [6.45, 7) is 0. The van der Waals surface area contributed by atoms with Gasteiger partial charge < -0.3 is 0 Å². The van der Waals surface area contributed by atoms with Crippen molar-refractivity contribution >= 4 is 55.0 Å². The molecule has 0 aliphatic carbocycles. The summed E-state index contributed by atoms with van der Waals surface area (Å²) in [5.74, 6) is 0. The molecule has 0 saturated heterocycles. The van der Waals surface area contributed by atoms with Crippen molar-refractivity contribution in [1.29, 1.82) is 0 Å². The first-order chi connectivity index (χ1) is 22.8. The summed E-state index contributed by atoms with van der Waals surface area (Å²) in [5, 5.41) is 11.3. The van der Waals surface area contributed by atoms with E-state index in [1.54, 1.807) is 22.7 Å². The molecule has 0 aliphatic rings. The second-order valence-corrected chi connectivity index (χ2v) is 12.7. The van der Waals surface area contributed by atoms with E-state index in [1.807, 2.05) is 35.8 Å². The quantitative estimate of drug-likeness (QED) is 0.179. The van der Waals surface area contributed by atoms with Crippen LogP contribution in [0.5, 0.6) is 0 Å². The minimum atomic E-state index is 0.936. The number of thiazole rings is 2. The monoisotopic (exact) mass is 624 g/mol. The highest BCUT2D eigenvalue weighted by Gasteiger charge is 2.19. The summed E-state index contributed by atoms with van der Waals surface area (Å²) >= 11 is 3.18. The molecule has 0 aliphatic heterocycles. The largest absolute Gasteiger partial charge is 0.263 e. The first kappa shape index (κ1) is 26.8. The standard InChI is InChI=1S/C40H24N4S2/c1-2-6-26-13-27(10-9-25(26)5-1)28-11-12-35-36(16-28)40(32-15-30(18-42-20-32)38-22-46-24-44-38)34-8-4-3-7-33(34)39(35)31-14-29(17-41-19-31)37-21-45-23-43-37/h1-24H. The maximum atomic E-state index is 4.71. The summed E-state index contributed by atoms with van der Waals surface area (Å²) in [6.07, 6.45) is 7.74. The summed E-state index contributed by atoms with van der Waals surface area (Å²) in [7, 11) is 0. The van der Waals surface area contributed by atoms with E-state index in [0.717, 1.165) is 60.9 Å². The Balaban J connectivity index is 1.36. The Morgan fingerprint density at radius 3 is 1.54 bits per heavy atom. The second-order valence-electron chi connectivity index (χ2n) is 11.3. The maximum Gasteiger partial charge on any atom is 0.0826 e. The molecule has 0 atom stereocenters. The lowest BCUT2D eigenvalue weighted by atomic mass is 9.85. The normalized spacial score (nSPS) is 11.5. The molecule has 4 aromatic heterocycles. The van der Waals surface area contributed by atoms with Gasteiger partial charge in [-0.1, -0.05) is 72.8 Å². The third kappa shape index (κ3) is 4.58. The average Bonchev–Trinajstić information content (AvgIpc) is 3.86. The van der Waals surface area contributed by atoms with E-state index in [9.17, 15) is 0 Å². The first-order valence-corrected chi connectivity index (χ1v) is 16.8. The van der Waals surface area contributed by atoms with Crippen LogP contribution in [-0.2, 0) is 0 Å². The van der Waals surface area contributed by atoms with E-state index < -0.39 is 0 Å². The predicted molar refractivity (Wildman–Crippen MR) is 193 cm³/mol. The van der Waals surface area contributed by atoms with E-state index in [-0.39, 0.29) is 0 Å². The molecule has 0 amide bonds. The third-order valence-electron chi connectivity index (χ3n) is 8.62. The molecule has 0 radical (unpaired) electrons. The lowest BCUT2D eigenvalue weighted by molar-refractivity contribution is 1.31. The van der Waals surface area contributed by atoms with Gasteiger partial charge in [0.05, 0.1) is 22.4 Å². The number of nitrogens with zero attached hydrogens (tertiary/aromatic N) is 4. The van der Waals surface area contributed by atoms with Crippen molar-refractivity contribution in [3.8, 4) is 55.9 Å². The van der Waals surface area contributed by atoms with Crippen LogP contribution in [0.15, 0.2) is 144 Å². The number of aromatic nitrogens is 4. The lowest BCUT2D eigenvalue weighted by Gasteiger charge is -2.19. The van der Waals surface area contributed by atoms with Crippen molar-refractivity contribution in [2.45, 2.75) is 0 Å². The lowest BCUT2D eigenvalue weighted by Crippen LogP contribution is -1.93. The molecule has 0 bridgehead atoms. The second kappa shape index (κ2) is 11.1. The number of pyridine rings is 2. The van der Waals surface area contributed by atoms with Gasteiger partial charge in [-0.3, -0.25) is 9.97 Å². The molecule has 4 heterocycles. The van der Waals surface area contributed by atoms with Gasteiger partial charge in [0.1, 0.15) is 0 Å². The molecule has 9 aromatic rings. The Hall–Kier alpha value is -5.56. The van der Waals surface area contributed by atoms with Crippen LogP contribution in [-0.4, -0.2) is 19.9 Å². The molecule has 5 aromatic carbocycles. The summed E-state index contributed by atoms with van der Waals surface area (Å²) < 4.78 is 0. The van der Waals surface area contributed by atoms with Gasteiger partial charge in [0.25, 0.3) is 0 Å². The van der Waals surface area contributed by atoms with Crippen LogP contribution in [0.25, 0.3) is 88.2 Å². The van der Waals surface area contributed by atoms with Gasteiger partial charge >= 0.3 is 0 Å². The van der Waals surface area contributed by atoms with Crippen LogP contribution in [0.2, 0.25) is 0 Å². The Morgan fingerprint density at radius 2 is 0.913 bits per heavy atom. The van der Waals surface area contributed by atoms with Gasteiger partial charge in [-0.05, 0) is 78.8 Å². The summed E-state index contributed by atoms with van der Waals surface area (Å²) in [4.78, 5) is 18.5. The highest BCUT2D eigenvalue weighted by atomic mass is 32.1. The maximum absolute atomic E-state index is 4.71. The van der Waals surface area contributed by atoms with Crippen molar-refractivity contribution in [1.82, 2.24) is 19.9 Å². The zero-order chi connectivity index (χ0) is 30.5. The number of hydrogen-bond acceptors (Lipinski definition) is 6. The molecule has 216 valence electrons. The van der Waals surface area contributed by atoms with Crippen LogP contribution in [0.1, 0.15) is 0 Å². The molecule has 0 saturated carbocycles. The van der Waals surface area contributed by atoms with Gasteiger partial charge in [-0.2, -0.15) is 0 Å². The van der Waals surface area contributed by atoms with Crippen molar-refractivity contribution in [3.05, 3.63) is 144 Å². The van der Waals surface area contributed by atoms with Crippen molar-refractivity contribution in [3.63, 3.8) is 0 Å². The fourth-order valence-electron chi connectivity index (χ4n) is 6.49. The molecule has 0 N–H and O–H groups in total. The number of benzene rings is 5. The van der Waals surface area contributed by atoms with Gasteiger partial charge in [0.15, 0.2) is 0 Å². The summed E-state index contributed by atoms with van der Waals surface area (Å²) in [6, 6.07) is 35.2. The van der Waals surface area contributed by atoms with E-state index in [2.05, 4.69) is 118 Å². The molecule has 0 fully saturated rings. The van der Waals surface area contributed by atoms with E-state index >= 15 is 0 Å². The molecule has 6 heteroatoms. The zero-order valence-electron chi connectivity index (χ0n) is 24.5. The van der Waals surface area contributed by atoms with Crippen molar-refractivity contribution < 1.29 is 0 Å². The number of hydrogen-bond donors (Lipinski definition) is 0. The Morgan fingerprint density at radius 1 is 0.391 bits per heavy atom. The molecule has 46 heavy (non-hydrogen) atoms. The molecule has 0 spiro atoms. The minimum Gasteiger partial charge on any atom is -0.263 e. The number of fused-ring (bicyclic) bond motifs is 3. The number of rotatable bonds is 5. The molecule has 0 unspecified atom stereocenters. The highest BCUT2D eigenvalue weighted by Crippen LogP contribution is 2.45. The van der Waals surface area contributed by atoms with Crippen LogP contribution in [0.4, 0.5) is 0 Å². The van der Waals surface area contributed by atoms with Crippen molar-refractivity contribution in [2.75, 3.05) is 0 Å². The van der Waals surface area contributed by atoms with Crippen LogP contribution in [0.3, 0.4) is 0 Å². The van der Waals surface area contributed by atoms with Crippen LogP contribution >= 0.6 is 22.7 Å². The van der Waals surface area contributed by atoms with Gasteiger partial charge in [0.2, 0.25) is 0 Å². The predicted octanol–water partition coefficient (Wildman–Crippen LogP) is 11.2. The fourth-order valence-corrected chi connectivity index (χ4v) is 7.61. The average molecular weight is 625 g/mol. The van der Waals surface area contributed by atoms with E-state index in [1.165, 1.54) is 27.3 Å². The van der Waals surface area contributed by atoms with E-state index in [0.29, 0.717) is 0 Å². The Bertz CT molecular complexity index is 2540. The summed E-state index contributed by atoms with van der Waals surface area (Å²) in [5.41, 5.74) is 14.4. The Labute approximate surface area is 273 Å². The minimum absolute atomic E-state index is 0.936. The van der Waals surface area contributed by atoms with Crippen LogP contribution in [0, 0.1) is 0 Å².